The molecule has 1 aromatic heterocycles. The number of amides is 1. The number of imidazole rings is 1. The summed E-state index contributed by atoms with van der Waals surface area (Å²) in [6.07, 6.45) is 6.63. The lowest BCUT2D eigenvalue weighted by Gasteiger charge is -2.30. The molecule has 1 aliphatic rings. The maximum absolute atomic E-state index is 13.9. The van der Waals surface area contributed by atoms with Crippen LogP contribution in [0.3, 0.4) is 0 Å². The van der Waals surface area contributed by atoms with Crippen LogP contribution in [-0.4, -0.2) is 77.2 Å². The highest BCUT2D eigenvalue weighted by molar-refractivity contribution is 7.98. The number of benzene rings is 2. The van der Waals surface area contributed by atoms with Gasteiger partial charge in [-0.15, -0.1) is 12.4 Å². The summed E-state index contributed by atoms with van der Waals surface area (Å²) in [4.78, 5) is 44.1. The first-order valence-electron chi connectivity index (χ1n) is 14.7. The lowest BCUT2D eigenvalue weighted by Crippen LogP contribution is -2.54. The Balaban J connectivity index is 0.00000552. The van der Waals surface area contributed by atoms with Gasteiger partial charge in [-0.3, -0.25) is 9.59 Å². The van der Waals surface area contributed by atoms with Crippen molar-refractivity contribution in [3.05, 3.63) is 89.5 Å². The fourth-order valence-corrected chi connectivity index (χ4v) is 5.76. The predicted molar refractivity (Wildman–Crippen MR) is 175 cm³/mol. The largest absolute Gasteiger partial charge is 0.467 e. The molecular formula is C33H40ClN5O5S. The number of ketones is 1. The minimum Gasteiger partial charge on any atom is -0.467 e. The lowest BCUT2D eigenvalue weighted by molar-refractivity contribution is -0.147. The van der Waals surface area contributed by atoms with Crippen molar-refractivity contribution in [3.63, 3.8) is 0 Å². The van der Waals surface area contributed by atoms with Crippen molar-refractivity contribution >= 4 is 41.8 Å². The summed E-state index contributed by atoms with van der Waals surface area (Å²) in [5.74, 6) is -0.296. The maximum atomic E-state index is 13.9. The Morgan fingerprint density at radius 1 is 1.16 bits per heavy atom. The normalized spacial score (nSPS) is 17.0. The number of nitriles is 1. The Labute approximate surface area is 274 Å². The first-order chi connectivity index (χ1) is 21.4. The summed E-state index contributed by atoms with van der Waals surface area (Å²) in [6, 6.07) is 18.2. The topological polar surface area (TPSA) is 135 Å². The zero-order valence-corrected chi connectivity index (χ0v) is 27.2. The van der Waals surface area contributed by atoms with Crippen LogP contribution in [0.1, 0.15) is 41.6 Å². The fourth-order valence-electron chi connectivity index (χ4n) is 5.29. The summed E-state index contributed by atoms with van der Waals surface area (Å²) in [5.41, 5.74) is 2.28. The standard InChI is InChI=1S/C33H39N5O5S.ClH/c1-42-32(41)28(13-16-44-2)37-31(40)29(17-24-7-4-3-5-8-24)43-22-33(14-6-15-36-33)30(39)18-27-20-35-23-38(27)21-26-11-9-25(19-34)10-12-26;/h3-5,7-12,20,23,28-29,36H,6,13-18,21-22H2,1-2H3,(H,37,40);1H/t28-,29?,33+;/m1./s1. The number of carbonyl (C=O) groups is 3. The molecule has 1 amide bonds. The van der Waals surface area contributed by atoms with Crippen molar-refractivity contribution in [3.8, 4) is 6.07 Å². The molecule has 0 aliphatic carbocycles. The van der Waals surface area contributed by atoms with E-state index in [0.29, 0.717) is 37.2 Å². The van der Waals surface area contributed by atoms with Crippen LogP contribution in [0.25, 0.3) is 0 Å². The van der Waals surface area contributed by atoms with Gasteiger partial charge >= 0.3 is 5.97 Å². The van der Waals surface area contributed by atoms with Gasteiger partial charge in [-0.05, 0) is 61.1 Å². The van der Waals surface area contributed by atoms with Gasteiger partial charge in [0.2, 0.25) is 5.91 Å². The Hall–Kier alpha value is -3.69. The van der Waals surface area contributed by atoms with Crippen molar-refractivity contribution in [2.45, 2.75) is 56.3 Å². The second kappa shape index (κ2) is 17.7. The van der Waals surface area contributed by atoms with Gasteiger partial charge in [0.1, 0.15) is 17.7 Å². The van der Waals surface area contributed by atoms with Gasteiger partial charge < -0.3 is 24.7 Å². The highest BCUT2D eigenvalue weighted by atomic mass is 35.5. The van der Waals surface area contributed by atoms with E-state index in [4.69, 9.17) is 14.7 Å². The van der Waals surface area contributed by atoms with Crippen LogP contribution in [0.4, 0.5) is 0 Å². The maximum Gasteiger partial charge on any atom is 0.328 e. The predicted octanol–water partition coefficient (Wildman–Crippen LogP) is 3.50. The second-order valence-corrected chi connectivity index (χ2v) is 11.9. The van der Waals surface area contributed by atoms with E-state index >= 15 is 0 Å². The summed E-state index contributed by atoms with van der Waals surface area (Å²) < 4.78 is 13.2. The SMILES string of the molecule is COC(=O)[C@@H](CCSC)NC(=O)C(Cc1ccccc1)OC[C@]1(C(=O)Cc2cncn2Cc2ccc(C#N)cc2)CCCN1.Cl. The van der Waals surface area contributed by atoms with E-state index in [9.17, 15) is 14.4 Å². The minimum absolute atomic E-state index is 0. The first kappa shape index (κ1) is 35.8. The Kier molecular flexibility index (Phi) is 14.1. The average Bonchev–Trinajstić information content (AvgIpc) is 3.72. The molecule has 45 heavy (non-hydrogen) atoms. The number of nitrogens with zero attached hydrogens (tertiary/aromatic N) is 3. The zero-order chi connectivity index (χ0) is 31.4. The van der Waals surface area contributed by atoms with E-state index in [1.807, 2.05) is 53.3 Å². The highest BCUT2D eigenvalue weighted by Gasteiger charge is 2.42. The number of Topliss-reactive ketones (excluding diaryl/α,β-unsaturated/α-hetero) is 1. The molecule has 240 valence electrons. The third kappa shape index (κ3) is 9.90. The van der Waals surface area contributed by atoms with Gasteiger partial charge in [-0.25, -0.2) is 9.78 Å². The molecule has 3 aromatic rings. The summed E-state index contributed by atoms with van der Waals surface area (Å²) in [6.45, 7) is 1.19. The monoisotopic (exact) mass is 653 g/mol. The smallest absolute Gasteiger partial charge is 0.328 e. The molecule has 10 nitrogen and oxygen atoms in total. The van der Waals surface area contributed by atoms with E-state index < -0.39 is 29.6 Å². The Morgan fingerprint density at radius 2 is 1.91 bits per heavy atom. The van der Waals surface area contributed by atoms with Gasteiger partial charge in [0.15, 0.2) is 5.78 Å². The van der Waals surface area contributed by atoms with Crippen LogP contribution in [0.15, 0.2) is 67.1 Å². The quantitative estimate of drug-likeness (QED) is 0.223. The molecule has 2 heterocycles. The first-order valence-corrected chi connectivity index (χ1v) is 16.1. The van der Waals surface area contributed by atoms with E-state index in [1.54, 1.807) is 36.4 Å². The molecule has 1 unspecified atom stereocenters. The van der Waals surface area contributed by atoms with Crippen molar-refractivity contribution < 1.29 is 23.9 Å². The second-order valence-electron chi connectivity index (χ2n) is 10.9. The van der Waals surface area contributed by atoms with Gasteiger partial charge in [0.25, 0.3) is 0 Å². The molecule has 3 atom stereocenters. The number of aromatic nitrogens is 2. The van der Waals surface area contributed by atoms with Crippen LogP contribution < -0.4 is 10.6 Å². The molecule has 2 aromatic carbocycles. The average molecular weight is 654 g/mol. The van der Waals surface area contributed by atoms with Crippen molar-refractivity contribution in [2.24, 2.45) is 0 Å². The molecule has 1 fully saturated rings. The molecule has 2 N–H and O–H groups in total. The van der Waals surface area contributed by atoms with Crippen molar-refractivity contribution in [1.29, 1.82) is 5.26 Å². The van der Waals surface area contributed by atoms with Crippen LogP contribution in [-0.2, 0) is 43.2 Å². The third-order valence-electron chi connectivity index (χ3n) is 7.85. The van der Waals surface area contributed by atoms with E-state index in [0.717, 1.165) is 23.2 Å². The Morgan fingerprint density at radius 3 is 2.56 bits per heavy atom. The summed E-state index contributed by atoms with van der Waals surface area (Å²) in [7, 11) is 1.30. The molecule has 1 saturated heterocycles. The number of carbonyl (C=O) groups excluding carboxylic acids is 3. The summed E-state index contributed by atoms with van der Waals surface area (Å²) in [5, 5.41) is 15.3. The molecular weight excluding hydrogens is 614 g/mol. The third-order valence-corrected chi connectivity index (χ3v) is 8.50. The fraction of sp³-hybridized carbons (Fsp3) is 0.424. The van der Waals surface area contributed by atoms with Gasteiger partial charge in [0, 0.05) is 24.9 Å². The number of hydrogen-bond acceptors (Lipinski definition) is 9. The van der Waals surface area contributed by atoms with Crippen LogP contribution in [0.2, 0.25) is 0 Å². The van der Waals surface area contributed by atoms with Crippen molar-refractivity contribution in [2.75, 3.05) is 32.3 Å². The molecule has 4 rings (SSSR count). The number of thioether (sulfide) groups is 1. The number of rotatable bonds is 16. The number of nitrogens with one attached hydrogen (secondary N) is 2. The lowest BCUT2D eigenvalue weighted by atomic mass is 9.90. The minimum atomic E-state index is -0.959. The molecule has 1 aliphatic heterocycles. The highest BCUT2D eigenvalue weighted by Crippen LogP contribution is 2.25. The van der Waals surface area contributed by atoms with Crippen LogP contribution in [0.5, 0.6) is 0 Å². The zero-order valence-electron chi connectivity index (χ0n) is 25.6. The van der Waals surface area contributed by atoms with E-state index in [2.05, 4.69) is 21.7 Å². The van der Waals surface area contributed by atoms with Gasteiger partial charge in [-0.1, -0.05) is 42.5 Å². The van der Waals surface area contributed by atoms with Crippen LogP contribution >= 0.6 is 24.2 Å². The number of halogens is 1. The molecule has 0 bridgehead atoms. The molecule has 12 heteroatoms. The molecule has 0 spiro atoms. The summed E-state index contributed by atoms with van der Waals surface area (Å²) >= 11 is 1.58. The number of ether oxygens (including phenoxy) is 2. The number of methoxy groups -OCH3 is 1. The van der Waals surface area contributed by atoms with E-state index in [-0.39, 0.29) is 37.6 Å². The molecule has 0 radical (unpaired) electrons. The Bertz CT molecular complexity index is 1440. The molecule has 0 saturated carbocycles. The van der Waals surface area contributed by atoms with Crippen LogP contribution in [0, 0.1) is 11.3 Å². The van der Waals surface area contributed by atoms with Gasteiger partial charge in [-0.2, -0.15) is 17.0 Å². The van der Waals surface area contributed by atoms with Crippen molar-refractivity contribution in [1.82, 2.24) is 20.2 Å². The van der Waals surface area contributed by atoms with E-state index in [1.165, 1.54) is 7.11 Å². The van der Waals surface area contributed by atoms with Gasteiger partial charge in [0.05, 0.1) is 38.1 Å². The number of hydrogen-bond donors (Lipinski definition) is 2. The number of esters is 1.